The van der Waals surface area contributed by atoms with Crippen molar-refractivity contribution < 1.29 is 13.2 Å². The Balaban J connectivity index is 2.27. The van der Waals surface area contributed by atoms with Gasteiger partial charge in [0, 0.05) is 16.1 Å². The fraction of sp³-hybridized carbons (Fsp3) is 0.0714. The summed E-state index contributed by atoms with van der Waals surface area (Å²) in [5.74, 6) is -0.598. The zero-order chi connectivity index (χ0) is 15.5. The van der Waals surface area contributed by atoms with Crippen LogP contribution < -0.4 is 10.5 Å². The van der Waals surface area contributed by atoms with Crippen molar-refractivity contribution in [2.75, 3.05) is 11.0 Å². The first-order valence-electron chi connectivity index (χ1n) is 5.99. The molecule has 0 unspecified atom stereocenters. The zero-order valence-electron chi connectivity index (χ0n) is 11.2. The third kappa shape index (κ3) is 3.77. The number of nitrogens with two attached hydrogens (primary N) is 1. The maximum atomic E-state index is 12.2. The van der Waals surface area contributed by atoms with Crippen molar-refractivity contribution in [3.63, 3.8) is 0 Å². The standard InChI is InChI=1S/C14H14N2O3S2/c1-20-12-4-2-3-11(9-12)16-21(18,19)13-7-5-10(6-8-13)14(15)17/h2-9,16H,1H3,(H2,15,17). The first-order chi connectivity index (χ1) is 9.92. The van der Waals surface area contributed by atoms with Crippen LogP contribution in [0.1, 0.15) is 10.4 Å². The molecule has 0 spiro atoms. The molecule has 0 bridgehead atoms. The molecule has 0 heterocycles. The number of benzene rings is 2. The molecular weight excluding hydrogens is 308 g/mol. The van der Waals surface area contributed by atoms with Gasteiger partial charge in [-0.25, -0.2) is 8.42 Å². The van der Waals surface area contributed by atoms with Gasteiger partial charge in [0.1, 0.15) is 0 Å². The number of rotatable bonds is 5. The van der Waals surface area contributed by atoms with E-state index in [4.69, 9.17) is 5.73 Å². The number of carbonyl (C=O) groups excluding carboxylic acids is 1. The Hall–Kier alpha value is -1.99. The van der Waals surface area contributed by atoms with E-state index < -0.39 is 15.9 Å². The second-order valence-corrected chi connectivity index (χ2v) is 6.79. The van der Waals surface area contributed by atoms with Crippen molar-refractivity contribution in [1.29, 1.82) is 0 Å². The summed E-state index contributed by atoms with van der Waals surface area (Å²) in [6.45, 7) is 0. The molecule has 0 aliphatic carbocycles. The number of amides is 1. The van der Waals surface area contributed by atoms with E-state index in [1.54, 1.807) is 18.2 Å². The van der Waals surface area contributed by atoms with Gasteiger partial charge >= 0.3 is 0 Å². The van der Waals surface area contributed by atoms with E-state index in [2.05, 4.69) is 4.72 Å². The number of anilines is 1. The van der Waals surface area contributed by atoms with Gasteiger partial charge in [-0.05, 0) is 48.7 Å². The quantitative estimate of drug-likeness (QED) is 0.827. The highest BCUT2D eigenvalue weighted by Crippen LogP contribution is 2.21. The Bertz CT molecular complexity index is 756. The molecule has 0 fully saturated rings. The minimum atomic E-state index is -3.69. The normalized spacial score (nSPS) is 11.1. The molecule has 3 N–H and O–H groups in total. The largest absolute Gasteiger partial charge is 0.366 e. The summed E-state index contributed by atoms with van der Waals surface area (Å²) in [6.07, 6.45) is 1.91. The predicted octanol–water partition coefficient (Wildman–Crippen LogP) is 2.31. The molecule has 0 aliphatic rings. The molecular formula is C14H14N2O3S2. The van der Waals surface area contributed by atoms with Crippen LogP contribution in [0.3, 0.4) is 0 Å². The zero-order valence-corrected chi connectivity index (χ0v) is 12.9. The third-order valence-electron chi connectivity index (χ3n) is 2.77. The Labute approximate surface area is 127 Å². The van der Waals surface area contributed by atoms with Crippen LogP contribution in [0.4, 0.5) is 5.69 Å². The van der Waals surface area contributed by atoms with Gasteiger partial charge in [-0.1, -0.05) is 6.07 Å². The number of nitrogens with one attached hydrogen (secondary N) is 1. The molecule has 0 atom stereocenters. The first-order valence-corrected chi connectivity index (χ1v) is 8.70. The molecule has 0 aliphatic heterocycles. The lowest BCUT2D eigenvalue weighted by Crippen LogP contribution is -2.14. The van der Waals surface area contributed by atoms with Gasteiger partial charge in [0.05, 0.1) is 4.90 Å². The lowest BCUT2D eigenvalue weighted by Gasteiger charge is -2.09. The van der Waals surface area contributed by atoms with Gasteiger partial charge < -0.3 is 5.73 Å². The van der Waals surface area contributed by atoms with Crippen LogP contribution in [0.15, 0.2) is 58.3 Å². The summed E-state index contributed by atoms with van der Waals surface area (Å²) in [4.78, 5) is 12.0. The summed E-state index contributed by atoms with van der Waals surface area (Å²) in [6, 6.07) is 12.6. The molecule has 110 valence electrons. The van der Waals surface area contributed by atoms with E-state index in [1.165, 1.54) is 36.0 Å². The predicted molar refractivity (Wildman–Crippen MR) is 84.0 cm³/mol. The molecule has 5 nitrogen and oxygen atoms in total. The Kier molecular flexibility index (Phi) is 4.54. The van der Waals surface area contributed by atoms with Crippen molar-refractivity contribution in [3.05, 3.63) is 54.1 Å². The van der Waals surface area contributed by atoms with E-state index in [1.807, 2.05) is 12.3 Å². The highest BCUT2D eigenvalue weighted by atomic mass is 32.2. The second kappa shape index (κ2) is 6.19. The molecule has 0 radical (unpaired) electrons. The second-order valence-electron chi connectivity index (χ2n) is 4.23. The number of carbonyl (C=O) groups is 1. The summed E-state index contributed by atoms with van der Waals surface area (Å²) in [5, 5.41) is 0. The van der Waals surface area contributed by atoms with Crippen molar-refractivity contribution in [2.24, 2.45) is 5.73 Å². The molecule has 2 rings (SSSR count). The fourth-order valence-electron chi connectivity index (χ4n) is 1.70. The molecule has 2 aromatic carbocycles. The number of hydrogen-bond donors (Lipinski definition) is 2. The third-order valence-corrected chi connectivity index (χ3v) is 4.89. The van der Waals surface area contributed by atoms with Crippen LogP contribution in [0.2, 0.25) is 0 Å². The van der Waals surface area contributed by atoms with E-state index in [0.29, 0.717) is 5.69 Å². The number of primary amides is 1. The molecule has 21 heavy (non-hydrogen) atoms. The van der Waals surface area contributed by atoms with Crippen LogP contribution in [-0.2, 0) is 10.0 Å². The molecule has 0 saturated heterocycles. The fourth-order valence-corrected chi connectivity index (χ4v) is 3.21. The molecule has 1 amide bonds. The van der Waals surface area contributed by atoms with Crippen molar-refractivity contribution in [2.45, 2.75) is 9.79 Å². The van der Waals surface area contributed by atoms with Gasteiger partial charge in [-0.3, -0.25) is 9.52 Å². The maximum absolute atomic E-state index is 12.2. The monoisotopic (exact) mass is 322 g/mol. The average molecular weight is 322 g/mol. The van der Waals surface area contributed by atoms with Crippen LogP contribution in [0, 0.1) is 0 Å². The maximum Gasteiger partial charge on any atom is 0.261 e. The highest BCUT2D eigenvalue weighted by Gasteiger charge is 2.14. The average Bonchev–Trinajstić information content (AvgIpc) is 2.47. The molecule has 0 saturated carbocycles. The van der Waals surface area contributed by atoms with Crippen LogP contribution >= 0.6 is 11.8 Å². The minimum absolute atomic E-state index is 0.0713. The number of thioether (sulfide) groups is 1. The molecule has 7 heteroatoms. The SMILES string of the molecule is CSc1cccc(NS(=O)(=O)c2ccc(C(N)=O)cc2)c1. The number of hydrogen-bond acceptors (Lipinski definition) is 4. The van der Waals surface area contributed by atoms with Gasteiger partial charge in [-0.15, -0.1) is 11.8 Å². The van der Waals surface area contributed by atoms with Crippen LogP contribution in [0.25, 0.3) is 0 Å². The summed E-state index contributed by atoms with van der Waals surface area (Å²) in [5.41, 5.74) is 5.87. The van der Waals surface area contributed by atoms with Gasteiger partial charge in [-0.2, -0.15) is 0 Å². The Morgan fingerprint density at radius 1 is 1.14 bits per heavy atom. The van der Waals surface area contributed by atoms with E-state index >= 15 is 0 Å². The van der Waals surface area contributed by atoms with E-state index in [-0.39, 0.29) is 10.5 Å². The van der Waals surface area contributed by atoms with Gasteiger partial charge in [0.25, 0.3) is 10.0 Å². The topological polar surface area (TPSA) is 89.3 Å². The van der Waals surface area contributed by atoms with Crippen molar-refractivity contribution in [3.8, 4) is 0 Å². The van der Waals surface area contributed by atoms with Gasteiger partial charge in [0.2, 0.25) is 5.91 Å². The summed E-state index contributed by atoms with van der Waals surface area (Å²) in [7, 11) is -3.69. The lowest BCUT2D eigenvalue weighted by atomic mass is 10.2. The van der Waals surface area contributed by atoms with E-state index in [0.717, 1.165) is 4.90 Å². The van der Waals surface area contributed by atoms with Crippen molar-refractivity contribution >= 4 is 33.4 Å². The lowest BCUT2D eigenvalue weighted by molar-refractivity contribution is 0.1000. The Morgan fingerprint density at radius 2 is 1.81 bits per heavy atom. The van der Waals surface area contributed by atoms with Crippen LogP contribution in [0.5, 0.6) is 0 Å². The number of sulfonamides is 1. The Morgan fingerprint density at radius 3 is 2.38 bits per heavy atom. The first kappa shape index (κ1) is 15.4. The summed E-state index contributed by atoms with van der Waals surface area (Å²) < 4.78 is 27.0. The van der Waals surface area contributed by atoms with Crippen molar-refractivity contribution in [1.82, 2.24) is 0 Å². The minimum Gasteiger partial charge on any atom is -0.366 e. The van der Waals surface area contributed by atoms with Gasteiger partial charge in [0.15, 0.2) is 0 Å². The molecule has 2 aromatic rings. The highest BCUT2D eigenvalue weighted by molar-refractivity contribution is 7.98. The molecule has 0 aromatic heterocycles. The summed E-state index contributed by atoms with van der Waals surface area (Å²) >= 11 is 1.52. The smallest absolute Gasteiger partial charge is 0.261 e. The van der Waals surface area contributed by atoms with E-state index in [9.17, 15) is 13.2 Å². The van der Waals surface area contributed by atoms with Crippen LogP contribution in [-0.4, -0.2) is 20.6 Å².